The molecule has 5 heteroatoms. The van der Waals surface area contributed by atoms with Crippen LogP contribution in [-0.4, -0.2) is 16.8 Å². The standard InChI is InChI=1S/C12H13N3OS/c13-9-3-1-8(2-4-9)7-10(14)11(16)12-15-5-6-17-12/h1-6,10H,7,13-14H2. The average molecular weight is 247 g/mol. The van der Waals surface area contributed by atoms with E-state index in [1.807, 2.05) is 12.1 Å². The van der Waals surface area contributed by atoms with E-state index in [-0.39, 0.29) is 5.78 Å². The van der Waals surface area contributed by atoms with Crippen LogP contribution in [0.3, 0.4) is 0 Å². The number of hydrogen-bond acceptors (Lipinski definition) is 5. The van der Waals surface area contributed by atoms with E-state index in [9.17, 15) is 4.79 Å². The largest absolute Gasteiger partial charge is 0.399 e. The van der Waals surface area contributed by atoms with Crippen LogP contribution in [0.1, 0.15) is 15.4 Å². The fourth-order valence-electron chi connectivity index (χ4n) is 1.50. The number of anilines is 1. The van der Waals surface area contributed by atoms with Crippen LogP contribution >= 0.6 is 11.3 Å². The number of thiazole rings is 1. The first-order valence-electron chi connectivity index (χ1n) is 5.20. The van der Waals surface area contributed by atoms with Gasteiger partial charge in [-0.1, -0.05) is 12.1 Å². The summed E-state index contributed by atoms with van der Waals surface area (Å²) in [4.78, 5) is 15.8. The van der Waals surface area contributed by atoms with Gasteiger partial charge in [-0.25, -0.2) is 4.98 Å². The number of carbonyl (C=O) groups excluding carboxylic acids is 1. The fraction of sp³-hybridized carbons (Fsp3) is 0.167. The Morgan fingerprint density at radius 2 is 2.06 bits per heavy atom. The van der Waals surface area contributed by atoms with Crippen LogP contribution in [-0.2, 0) is 6.42 Å². The molecule has 0 aliphatic carbocycles. The van der Waals surface area contributed by atoms with E-state index >= 15 is 0 Å². The molecule has 2 rings (SSSR count). The quantitative estimate of drug-likeness (QED) is 0.633. The summed E-state index contributed by atoms with van der Waals surface area (Å²) in [6.45, 7) is 0. The maximum Gasteiger partial charge on any atom is 0.208 e. The van der Waals surface area contributed by atoms with Crippen LogP contribution in [0.5, 0.6) is 0 Å². The van der Waals surface area contributed by atoms with Crippen LogP contribution in [0.25, 0.3) is 0 Å². The summed E-state index contributed by atoms with van der Waals surface area (Å²) in [6, 6.07) is 6.81. The SMILES string of the molecule is Nc1ccc(CC(N)C(=O)c2nccs2)cc1. The number of nitrogen functional groups attached to an aromatic ring is 1. The lowest BCUT2D eigenvalue weighted by Gasteiger charge is -2.08. The maximum atomic E-state index is 11.9. The lowest BCUT2D eigenvalue weighted by molar-refractivity contribution is 0.0960. The Labute approximate surface area is 103 Å². The molecule has 2 aromatic rings. The number of carbonyl (C=O) groups is 1. The van der Waals surface area contributed by atoms with Gasteiger partial charge in [0.05, 0.1) is 6.04 Å². The first-order valence-corrected chi connectivity index (χ1v) is 6.08. The van der Waals surface area contributed by atoms with Gasteiger partial charge in [0, 0.05) is 17.3 Å². The summed E-state index contributed by atoms with van der Waals surface area (Å²) in [5.74, 6) is -0.114. The highest BCUT2D eigenvalue weighted by atomic mass is 32.1. The first kappa shape index (κ1) is 11.8. The third kappa shape index (κ3) is 2.89. The molecule has 1 atom stereocenters. The molecule has 17 heavy (non-hydrogen) atoms. The van der Waals surface area contributed by atoms with E-state index < -0.39 is 6.04 Å². The van der Waals surface area contributed by atoms with Crippen molar-refractivity contribution in [1.29, 1.82) is 0 Å². The van der Waals surface area contributed by atoms with Crippen molar-refractivity contribution in [2.75, 3.05) is 5.73 Å². The molecule has 0 saturated heterocycles. The maximum absolute atomic E-state index is 11.9. The number of benzene rings is 1. The van der Waals surface area contributed by atoms with Crippen molar-refractivity contribution in [2.24, 2.45) is 5.73 Å². The highest BCUT2D eigenvalue weighted by Crippen LogP contribution is 2.11. The lowest BCUT2D eigenvalue weighted by atomic mass is 10.0. The summed E-state index contributed by atoms with van der Waals surface area (Å²) in [6.07, 6.45) is 2.10. The van der Waals surface area contributed by atoms with Crippen LogP contribution in [0, 0.1) is 0 Å². The summed E-state index contributed by atoms with van der Waals surface area (Å²) >= 11 is 1.31. The Hall–Kier alpha value is -1.72. The van der Waals surface area contributed by atoms with Crippen molar-refractivity contribution in [1.82, 2.24) is 4.98 Å². The zero-order chi connectivity index (χ0) is 12.3. The number of ketones is 1. The fourth-order valence-corrected chi connectivity index (χ4v) is 2.14. The summed E-state index contributed by atoms with van der Waals surface area (Å²) in [5.41, 5.74) is 13.2. The van der Waals surface area contributed by atoms with Crippen LogP contribution < -0.4 is 11.5 Å². The third-order valence-corrected chi connectivity index (χ3v) is 3.20. The third-order valence-electron chi connectivity index (χ3n) is 2.42. The van der Waals surface area contributed by atoms with Crippen molar-refractivity contribution in [3.05, 3.63) is 46.4 Å². The minimum Gasteiger partial charge on any atom is -0.399 e. The molecule has 4 N–H and O–H groups in total. The zero-order valence-electron chi connectivity index (χ0n) is 9.17. The normalized spacial score (nSPS) is 12.3. The Kier molecular flexibility index (Phi) is 3.51. The second-order valence-electron chi connectivity index (χ2n) is 3.75. The van der Waals surface area contributed by atoms with E-state index in [1.54, 1.807) is 23.7 Å². The van der Waals surface area contributed by atoms with Gasteiger partial charge in [0.1, 0.15) is 0 Å². The zero-order valence-corrected chi connectivity index (χ0v) is 9.98. The number of nitrogens with zero attached hydrogens (tertiary/aromatic N) is 1. The number of hydrogen-bond donors (Lipinski definition) is 2. The summed E-state index contributed by atoms with van der Waals surface area (Å²) in [7, 11) is 0. The van der Waals surface area contributed by atoms with Crippen molar-refractivity contribution in [3.8, 4) is 0 Å². The highest BCUT2D eigenvalue weighted by molar-refractivity contribution is 7.11. The smallest absolute Gasteiger partial charge is 0.208 e. The van der Waals surface area contributed by atoms with Crippen molar-refractivity contribution < 1.29 is 4.79 Å². The lowest BCUT2D eigenvalue weighted by Crippen LogP contribution is -2.32. The second kappa shape index (κ2) is 5.07. The molecular formula is C12H13N3OS. The Morgan fingerprint density at radius 1 is 1.35 bits per heavy atom. The van der Waals surface area contributed by atoms with E-state index in [2.05, 4.69) is 4.98 Å². The summed E-state index contributed by atoms with van der Waals surface area (Å²) < 4.78 is 0. The van der Waals surface area contributed by atoms with Crippen molar-refractivity contribution in [3.63, 3.8) is 0 Å². The van der Waals surface area contributed by atoms with E-state index in [0.717, 1.165) is 5.56 Å². The molecule has 88 valence electrons. The Morgan fingerprint density at radius 3 is 2.65 bits per heavy atom. The van der Waals surface area contributed by atoms with E-state index in [0.29, 0.717) is 17.1 Å². The molecule has 0 spiro atoms. The minimum absolute atomic E-state index is 0.114. The molecule has 1 unspecified atom stereocenters. The number of nitrogens with two attached hydrogens (primary N) is 2. The van der Waals surface area contributed by atoms with Crippen LogP contribution in [0.4, 0.5) is 5.69 Å². The predicted octanol–water partition coefficient (Wildman–Crippen LogP) is 1.48. The van der Waals surface area contributed by atoms with E-state index in [1.165, 1.54) is 11.3 Å². The molecule has 0 saturated carbocycles. The van der Waals surface area contributed by atoms with Gasteiger partial charge in [0.15, 0.2) is 5.01 Å². The molecule has 0 aliphatic heterocycles. The molecule has 0 fully saturated rings. The number of aromatic nitrogens is 1. The molecule has 1 aromatic carbocycles. The van der Waals surface area contributed by atoms with Gasteiger partial charge in [0.25, 0.3) is 0 Å². The van der Waals surface area contributed by atoms with Crippen molar-refractivity contribution >= 4 is 22.8 Å². The van der Waals surface area contributed by atoms with Crippen LogP contribution in [0.15, 0.2) is 35.8 Å². The molecule has 0 radical (unpaired) electrons. The van der Waals surface area contributed by atoms with E-state index in [4.69, 9.17) is 11.5 Å². The van der Waals surface area contributed by atoms with Crippen molar-refractivity contribution in [2.45, 2.75) is 12.5 Å². The van der Waals surface area contributed by atoms with Gasteiger partial charge in [-0.3, -0.25) is 4.79 Å². The van der Waals surface area contributed by atoms with Gasteiger partial charge in [-0.15, -0.1) is 11.3 Å². The molecule has 1 heterocycles. The molecule has 1 aromatic heterocycles. The average Bonchev–Trinajstić information content (AvgIpc) is 2.84. The highest BCUT2D eigenvalue weighted by Gasteiger charge is 2.18. The number of Topliss-reactive ketones (excluding diaryl/α,β-unsaturated/α-hetero) is 1. The van der Waals surface area contributed by atoms with Gasteiger partial charge in [-0.05, 0) is 24.1 Å². The van der Waals surface area contributed by atoms with Crippen LogP contribution in [0.2, 0.25) is 0 Å². The summed E-state index contributed by atoms with van der Waals surface area (Å²) in [5, 5.41) is 2.23. The van der Waals surface area contributed by atoms with Gasteiger partial charge in [-0.2, -0.15) is 0 Å². The van der Waals surface area contributed by atoms with Gasteiger partial charge < -0.3 is 11.5 Å². The van der Waals surface area contributed by atoms with Gasteiger partial charge >= 0.3 is 0 Å². The predicted molar refractivity (Wildman–Crippen MR) is 69.0 cm³/mol. The topological polar surface area (TPSA) is 82.0 Å². The molecule has 4 nitrogen and oxygen atoms in total. The molecule has 0 aliphatic rings. The molecular weight excluding hydrogens is 234 g/mol. The first-order chi connectivity index (χ1) is 8.16. The molecule has 0 bridgehead atoms. The second-order valence-corrected chi connectivity index (χ2v) is 4.65. The molecule has 0 amide bonds. The minimum atomic E-state index is -0.551. The number of rotatable bonds is 4. The Balaban J connectivity index is 2.04. The Bertz CT molecular complexity index is 493. The monoisotopic (exact) mass is 247 g/mol. The van der Waals surface area contributed by atoms with Gasteiger partial charge in [0.2, 0.25) is 5.78 Å².